The Kier molecular flexibility index (Phi) is 3.59. The number of carboxylic acids is 1. The van der Waals surface area contributed by atoms with Crippen LogP contribution in [0.2, 0.25) is 0 Å². The van der Waals surface area contributed by atoms with Crippen LogP contribution in [-0.2, 0) is 4.79 Å². The number of aryl methyl sites for hydroxylation is 2. The van der Waals surface area contributed by atoms with Gasteiger partial charge in [-0.1, -0.05) is 0 Å². The highest BCUT2D eigenvalue weighted by atomic mass is 16.4. The minimum atomic E-state index is -0.769. The minimum absolute atomic E-state index is 0.0555. The molecule has 0 saturated carbocycles. The largest absolute Gasteiger partial charge is 0.481 e. The molecule has 6 nitrogen and oxygen atoms in total. The van der Waals surface area contributed by atoms with Gasteiger partial charge in [0.2, 0.25) is 0 Å². The Bertz CT molecular complexity index is 490. The van der Waals surface area contributed by atoms with E-state index in [4.69, 9.17) is 5.11 Å². The molecule has 1 aliphatic heterocycles. The Morgan fingerprint density at radius 2 is 2.11 bits per heavy atom. The molecule has 0 bridgehead atoms. The summed E-state index contributed by atoms with van der Waals surface area (Å²) < 4.78 is 0. The number of piperidine rings is 1. The number of aliphatic carboxylic acids is 1. The summed E-state index contributed by atoms with van der Waals surface area (Å²) >= 11 is 0. The molecule has 2 unspecified atom stereocenters. The van der Waals surface area contributed by atoms with Crippen molar-refractivity contribution in [1.29, 1.82) is 0 Å². The van der Waals surface area contributed by atoms with E-state index in [1.54, 1.807) is 11.8 Å². The summed E-state index contributed by atoms with van der Waals surface area (Å²) in [7, 11) is 0. The van der Waals surface area contributed by atoms with Crippen LogP contribution in [0, 0.1) is 19.8 Å². The molecule has 2 N–H and O–H groups in total. The first-order chi connectivity index (χ1) is 8.91. The van der Waals surface area contributed by atoms with Gasteiger partial charge in [0.05, 0.1) is 17.2 Å². The topological polar surface area (TPSA) is 86.3 Å². The number of hydrogen-bond donors (Lipinski definition) is 2. The van der Waals surface area contributed by atoms with Crippen molar-refractivity contribution < 1.29 is 14.7 Å². The van der Waals surface area contributed by atoms with Crippen molar-refractivity contribution in [2.75, 3.05) is 6.54 Å². The third kappa shape index (κ3) is 2.47. The van der Waals surface area contributed by atoms with Crippen molar-refractivity contribution in [3.05, 3.63) is 17.0 Å². The smallest absolute Gasteiger partial charge is 0.306 e. The van der Waals surface area contributed by atoms with E-state index < -0.39 is 5.97 Å². The van der Waals surface area contributed by atoms with Gasteiger partial charge < -0.3 is 10.0 Å². The van der Waals surface area contributed by atoms with Gasteiger partial charge in [-0.25, -0.2) is 0 Å². The number of carbonyl (C=O) groups excluding carboxylic acids is 1. The molecule has 2 rings (SSSR count). The van der Waals surface area contributed by atoms with Gasteiger partial charge >= 0.3 is 5.97 Å². The predicted molar refractivity (Wildman–Crippen MR) is 68.9 cm³/mol. The molecule has 6 heteroatoms. The Morgan fingerprint density at radius 1 is 1.42 bits per heavy atom. The van der Waals surface area contributed by atoms with Crippen LogP contribution in [0.15, 0.2) is 0 Å². The van der Waals surface area contributed by atoms with Crippen molar-refractivity contribution in [2.45, 2.75) is 39.7 Å². The van der Waals surface area contributed by atoms with Crippen LogP contribution in [0.1, 0.15) is 41.5 Å². The molecule has 0 aromatic carbocycles. The van der Waals surface area contributed by atoms with Gasteiger partial charge in [-0.2, -0.15) is 5.10 Å². The van der Waals surface area contributed by atoms with Gasteiger partial charge in [0.1, 0.15) is 0 Å². The van der Waals surface area contributed by atoms with Crippen LogP contribution in [0.25, 0.3) is 0 Å². The summed E-state index contributed by atoms with van der Waals surface area (Å²) in [5.74, 6) is -1.17. The SMILES string of the molecule is Cc1n[nH]c(C)c1C(=O)N1CCC(C(=O)O)CC1C. The van der Waals surface area contributed by atoms with Crippen LogP contribution in [-0.4, -0.2) is 44.7 Å². The number of carbonyl (C=O) groups is 2. The van der Waals surface area contributed by atoms with Crippen LogP contribution >= 0.6 is 0 Å². The number of nitrogens with one attached hydrogen (secondary N) is 1. The average molecular weight is 265 g/mol. The number of hydrogen-bond acceptors (Lipinski definition) is 3. The van der Waals surface area contributed by atoms with Crippen molar-refractivity contribution >= 4 is 11.9 Å². The second-order valence-electron chi connectivity index (χ2n) is 5.22. The Labute approximate surface area is 111 Å². The maximum atomic E-state index is 12.5. The number of rotatable bonds is 2. The Morgan fingerprint density at radius 3 is 2.58 bits per heavy atom. The summed E-state index contributed by atoms with van der Waals surface area (Å²) in [6.07, 6.45) is 1.03. The number of likely N-dealkylation sites (tertiary alicyclic amines) is 1. The predicted octanol–water partition coefficient (Wildman–Crippen LogP) is 1.35. The van der Waals surface area contributed by atoms with Crippen molar-refractivity contribution in [3.63, 3.8) is 0 Å². The van der Waals surface area contributed by atoms with E-state index in [0.29, 0.717) is 30.6 Å². The monoisotopic (exact) mass is 265 g/mol. The molecular weight excluding hydrogens is 246 g/mol. The summed E-state index contributed by atoms with van der Waals surface area (Å²) in [4.78, 5) is 25.3. The zero-order valence-corrected chi connectivity index (χ0v) is 11.4. The summed E-state index contributed by atoms with van der Waals surface area (Å²) in [5, 5.41) is 15.9. The molecular formula is C13H19N3O3. The van der Waals surface area contributed by atoms with Gasteiger partial charge in [0, 0.05) is 18.3 Å². The molecule has 1 aliphatic rings. The fourth-order valence-electron chi connectivity index (χ4n) is 2.71. The van der Waals surface area contributed by atoms with Crippen molar-refractivity contribution in [3.8, 4) is 0 Å². The third-order valence-corrected chi connectivity index (χ3v) is 3.83. The molecule has 1 aromatic rings. The first-order valence-corrected chi connectivity index (χ1v) is 6.47. The molecule has 19 heavy (non-hydrogen) atoms. The van der Waals surface area contributed by atoms with E-state index in [9.17, 15) is 9.59 Å². The maximum Gasteiger partial charge on any atom is 0.306 e. The number of nitrogens with zero attached hydrogens (tertiary/aromatic N) is 2. The normalized spacial score (nSPS) is 23.4. The second kappa shape index (κ2) is 5.03. The molecule has 2 atom stereocenters. The van der Waals surface area contributed by atoms with E-state index >= 15 is 0 Å². The summed E-state index contributed by atoms with van der Waals surface area (Å²) in [5.41, 5.74) is 2.06. The lowest BCUT2D eigenvalue weighted by Crippen LogP contribution is -2.46. The molecule has 1 aromatic heterocycles. The highest BCUT2D eigenvalue weighted by molar-refractivity contribution is 5.96. The van der Waals surface area contributed by atoms with Crippen LogP contribution in [0.3, 0.4) is 0 Å². The Balaban J connectivity index is 2.16. The number of H-pyrrole nitrogens is 1. The van der Waals surface area contributed by atoms with Gasteiger partial charge in [0.25, 0.3) is 5.91 Å². The lowest BCUT2D eigenvalue weighted by atomic mass is 9.91. The quantitative estimate of drug-likeness (QED) is 0.845. The van der Waals surface area contributed by atoms with Crippen LogP contribution in [0.5, 0.6) is 0 Å². The number of aromatic amines is 1. The fraction of sp³-hybridized carbons (Fsp3) is 0.615. The third-order valence-electron chi connectivity index (χ3n) is 3.83. The van der Waals surface area contributed by atoms with E-state index in [1.165, 1.54) is 0 Å². The number of carboxylic acid groups (broad SMARTS) is 1. The molecule has 1 amide bonds. The van der Waals surface area contributed by atoms with Gasteiger partial charge in [-0.3, -0.25) is 14.7 Å². The molecule has 104 valence electrons. The fourth-order valence-corrected chi connectivity index (χ4v) is 2.71. The second-order valence-corrected chi connectivity index (χ2v) is 5.22. The highest BCUT2D eigenvalue weighted by Crippen LogP contribution is 2.25. The van der Waals surface area contributed by atoms with Gasteiger partial charge in [-0.15, -0.1) is 0 Å². The minimum Gasteiger partial charge on any atom is -0.481 e. The van der Waals surface area contributed by atoms with E-state index in [-0.39, 0.29) is 17.9 Å². The van der Waals surface area contributed by atoms with Crippen molar-refractivity contribution in [1.82, 2.24) is 15.1 Å². The Hall–Kier alpha value is -1.85. The highest BCUT2D eigenvalue weighted by Gasteiger charge is 2.33. The molecule has 1 saturated heterocycles. The number of aromatic nitrogens is 2. The van der Waals surface area contributed by atoms with Crippen LogP contribution < -0.4 is 0 Å². The van der Waals surface area contributed by atoms with Crippen LogP contribution in [0.4, 0.5) is 0 Å². The molecule has 0 radical (unpaired) electrons. The zero-order valence-electron chi connectivity index (χ0n) is 11.4. The van der Waals surface area contributed by atoms with Gasteiger partial charge in [-0.05, 0) is 33.6 Å². The van der Waals surface area contributed by atoms with E-state index in [2.05, 4.69) is 10.2 Å². The lowest BCUT2D eigenvalue weighted by Gasteiger charge is -2.36. The first-order valence-electron chi connectivity index (χ1n) is 6.47. The molecule has 1 fully saturated rings. The molecule has 0 aliphatic carbocycles. The standard InChI is InChI=1S/C13H19N3O3/c1-7-6-10(13(18)19)4-5-16(7)12(17)11-8(2)14-15-9(11)3/h7,10H,4-6H2,1-3H3,(H,14,15)(H,18,19). The zero-order chi connectivity index (χ0) is 14.2. The molecule has 0 spiro atoms. The first kappa shape index (κ1) is 13.6. The molecule has 2 heterocycles. The van der Waals surface area contributed by atoms with E-state index in [0.717, 1.165) is 5.69 Å². The number of amides is 1. The average Bonchev–Trinajstić information content (AvgIpc) is 2.68. The summed E-state index contributed by atoms with van der Waals surface area (Å²) in [6.45, 7) is 6.01. The van der Waals surface area contributed by atoms with Crippen molar-refractivity contribution in [2.24, 2.45) is 5.92 Å². The lowest BCUT2D eigenvalue weighted by molar-refractivity contribution is -0.143. The summed E-state index contributed by atoms with van der Waals surface area (Å²) in [6, 6.07) is -0.0592. The van der Waals surface area contributed by atoms with Gasteiger partial charge in [0.15, 0.2) is 0 Å². The van der Waals surface area contributed by atoms with E-state index in [1.807, 2.05) is 13.8 Å². The maximum absolute atomic E-state index is 12.5.